The minimum Gasteiger partial charge on any atom is -0.480 e. The van der Waals surface area contributed by atoms with Crippen molar-refractivity contribution in [3.63, 3.8) is 0 Å². The summed E-state index contributed by atoms with van der Waals surface area (Å²) in [5, 5.41) is 11.8. The Hall–Kier alpha value is -1.88. The maximum atomic E-state index is 11.5. The summed E-state index contributed by atoms with van der Waals surface area (Å²) in [5.74, 6) is -0.890. The van der Waals surface area contributed by atoms with E-state index in [9.17, 15) is 9.59 Å². The third-order valence-corrected chi connectivity index (χ3v) is 3.05. The Morgan fingerprint density at radius 3 is 2.82 bits per heavy atom. The van der Waals surface area contributed by atoms with Crippen LogP contribution in [0.3, 0.4) is 0 Å². The minimum absolute atomic E-state index is 0.0356. The average Bonchev–Trinajstić information content (AvgIpc) is 2.55. The first-order chi connectivity index (χ1) is 8.04. The molecule has 2 N–H and O–H groups in total. The molecule has 1 atom stereocenters. The zero-order valence-corrected chi connectivity index (χ0v) is 9.73. The predicted molar refractivity (Wildman–Crippen MR) is 63.0 cm³/mol. The number of carboxylic acid groups (broad SMARTS) is 1. The van der Waals surface area contributed by atoms with Gasteiger partial charge in [-0.15, -0.1) is 0 Å². The normalized spacial score (nSPS) is 15.9. The lowest BCUT2D eigenvalue weighted by molar-refractivity contribution is -0.139. The highest BCUT2D eigenvalue weighted by molar-refractivity contribution is 6.01. The van der Waals surface area contributed by atoms with Crippen LogP contribution in [0, 0.1) is 0 Å². The number of carbonyl (C=O) groups is 2. The highest BCUT2D eigenvalue weighted by Gasteiger charge is 2.26. The fourth-order valence-electron chi connectivity index (χ4n) is 2.10. The van der Waals surface area contributed by atoms with Crippen molar-refractivity contribution in [2.24, 2.45) is 0 Å². The van der Waals surface area contributed by atoms with Gasteiger partial charge in [0, 0.05) is 12.7 Å². The Bertz CT molecular complexity index is 485. The number of fused-ring (bicyclic) bond motifs is 1. The molecule has 1 aromatic carbocycles. The summed E-state index contributed by atoms with van der Waals surface area (Å²) in [7, 11) is 3.32. The molecular weight excluding hydrogens is 220 g/mol. The van der Waals surface area contributed by atoms with Crippen molar-refractivity contribution < 1.29 is 14.7 Å². The van der Waals surface area contributed by atoms with Crippen LogP contribution in [0.5, 0.6) is 0 Å². The van der Waals surface area contributed by atoms with Crippen LogP contribution in [0.1, 0.15) is 17.2 Å². The molecule has 0 radical (unpaired) electrons. The standard InChI is InChI=1S/C12H14N2O3/c1-13-11(12(16)17)7-3-4-9-8(5-7)6-10(15)14(9)2/h3-5,11,13H,6H2,1-2H3,(H,16,17). The monoisotopic (exact) mass is 234 g/mol. The number of hydrogen-bond donors (Lipinski definition) is 2. The van der Waals surface area contributed by atoms with Crippen LogP contribution in [-0.2, 0) is 16.0 Å². The molecule has 0 saturated heterocycles. The molecule has 0 bridgehead atoms. The van der Waals surface area contributed by atoms with Crippen molar-refractivity contribution in [2.75, 3.05) is 19.0 Å². The summed E-state index contributed by atoms with van der Waals surface area (Å²) in [6.45, 7) is 0. The van der Waals surface area contributed by atoms with Gasteiger partial charge >= 0.3 is 5.97 Å². The van der Waals surface area contributed by atoms with E-state index in [2.05, 4.69) is 5.32 Å². The summed E-state index contributed by atoms with van der Waals surface area (Å²) in [4.78, 5) is 24.1. The summed E-state index contributed by atoms with van der Waals surface area (Å²) in [6.07, 6.45) is 0.343. The molecule has 0 aromatic heterocycles. The van der Waals surface area contributed by atoms with E-state index in [0.717, 1.165) is 11.3 Å². The van der Waals surface area contributed by atoms with Gasteiger partial charge in [0.25, 0.3) is 0 Å². The van der Waals surface area contributed by atoms with Gasteiger partial charge in [0.1, 0.15) is 6.04 Å². The maximum absolute atomic E-state index is 11.5. The third kappa shape index (κ3) is 1.89. The Labute approximate surface area is 99.0 Å². The molecule has 5 heteroatoms. The van der Waals surface area contributed by atoms with Crippen LogP contribution < -0.4 is 10.2 Å². The van der Waals surface area contributed by atoms with Crippen LogP contribution in [0.15, 0.2) is 18.2 Å². The molecular formula is C12H14N2O3. The number of anilines is 1. The number of aliphatic carboxylic acids is 1. The lowest BCUT2D eigenvalue weighted by Crippen LogP contribution is -2.25. The maximum Gasteiger partial charge on any atom is 0.325 e. The molecule has 1 aromatic rings. The van der Waals surface area contributed by atoms with Gasteiger partial charge in [-0.3, -0.25) is 9.59 Å². The van der Waals surface area contributed by atoms with Crippen LogP contribution in [0.25, 0.3) is 0 Å². The van der Waals surface area contributed by atoms with Gasteiger partial charge < -0.3 is 15.3 Å². The number of amides is 1. The largest absolute Gasteiger partial charge is 0.480 e. The topological polar surface area (TPSA) is 69.6 Å². The number of hydrogen-bond acceptors (Lipinski definition) is 3. The fourth-order valence-corrected chi connectivity index (χ4v) is 2.10. The van der Waals surface area contributed by atoms with Crippen molar-refractivity contribution >= 4 is 17.6 Å². The smallest absolute Gasteiger partial charge is 0.325 e. The van der Waals surface area contributed by atoms with Gasteiger partial charge in [-0.05, 0) is 24.2 Å². The predicted octanol–water partition coefficient (Wildman–Crippen LogP) is 0.551. The molecule has 1 amide bonds. The molecule has 1 heterocycles. The second kappa shape index (κ2) is 4.18. The number of nitrogens with zero attached hydrogens (tertiary/aromatic N) is 1. The Kier molecular flexibility index (Phi) is 2.85. The van der Waals surface area contributed by atoms with E-state index in [-0.39, 0.29) is 5.91 Å². The third-order valence-electron chi connectivity index (χ3n) is 3.05. The number of nitrogens with one attached hydrogen (secondary N) is 1. The van der Waals surface area contributed by atoms with Gasteiger partial charge in [-0.25, -0.2) is 0 Å². The first-order valence-electron chi connectivity index (χ1n) is 5.34. The SMILES string of the molecule is CNC(C(=O)O)c1ccc2c(c1)CC(=O)N2C. The second-order valence-electron chi connectivity index (χ2n) is 4.08. The first kappa shape index (κ1) is 11.6. The van der Waals surface area contributed by atoms with Gasteiger partial charge in [-0.2, -0.15) is 0 Å². The van der Waals surface area contributed by atoms with Gasteiger partial charge in [0.05, 0.1) is 6.42 Å². The molecule has 90 valence electrons. The quantitative estimate of drug-likeness (QED) is 0.801. The molecule has 1 aliphatic heterocycles. The van der Waals surface area contributed by atoms with Gasteiger partial charge in [0.15, 0.2) is 0 Å². The van der Waals surface area contributed by atoms with E-state index in [1.165, 1.54) is 0 Å². The zero-order valence-electron chi connectivity index (χ0n) is 9.73. The highest BCUT2D eigenvalue weighted by Crippen LogP contribution is 2.30. The fraction of sp³-hybridized carbons (Fsp3) is 0.333. The highest BCUT2D eigenvalue weighted by atomic mass is 16.4. The number of rotatable bonds is 3. The lowest BCUT2D eigenvalue weighted by Gasteiger charge is -2.14. The number of benzene rings is 1. The first-order valence-corrected chi connectivity index (χ1v) is 5.34. The molecule has 2 rings (SSSR count). The molecule has 5 nitrogen and oxygen atoms in total. The number of carbonyl (C=O) groups excluding carboxylic acids is 1. The summed E-state index contributed by atoms with van der Waals surface area (Å²) < 4.78 is 0. The van der Waals surface area contributed by atoms with Crippen LogP contribution >= 0.6 is 0 Å². The molecule has 0 saturated carbocycles. The van der Waals surface area contributed by atoms with Crippen molar-refractivity contribution in [2.45, 2.75) is 12.5 Å². The summed E-state index contributed by atoms with van der Waals surface area (Å²) in [6, 6.07) is 4.58. The van der Waals surface area contributed by atoms with E-state index in [4.69, 9.17) is 5.11 Å². The second-order valence-corrected chi connectivity index (χ2v) is 4.08. The van der Waals surface area contributed by atoms with Crippen LogP contribution in [0.2, 0.25) is 0 Å². The van der Waals surface area contributed by atoms with E-state index in [0.29, 0.717) is 12.0 Å². The molecule has 0 aliphatic carbocycles. The van der Waals surface area contributed by atoms with E-state index in [1.807, 2.05) is 0 Å². The van der Waals surface area contributed by atoms with Crippen molar-refractivity contribution in [1.29, 1.82) is 0 Å². The van der Waals surface area contributed by atoms with Gasteiger partial charge in [-0.1, -0.05) is 12.1 Å². The Morgan fingerprint density at radius 2 is 2.24 bits per heavy atom. The molecule has 1 aliphatic rings. The van der Waals surface area contributed by atoms with Crippen LogP contribution in [-0.4, -0.2) is 31.1 Å². The van der Waals surface area contributed by atoms with Crippen molar-refractivity contribution in [1.82, 2.24) is 5.32 Å². The Morgan fingerprint density at radius 1 is 1.53 bits per heavy atom. The van der Waals surface area contributed by atoms with E-state index >= 15 is 0 Å². The van der Waals surface area contributed by atoms with Crippen LogP contribution in [0.4, 0.5) is 5.69 Å². The van der Waals surface area contributed by atoms with E-state index < -0.39 is 12.0 Å². The number of carboxylic acids is 1. The minimum atomic E-state index is -0.926. The molecule has 17 heavy (non-hydrogen) atoms. The van der Waals surface area contributed by atoms with Crippen molar-refractivity contribution in [3.8, 4) is 0 Å². The van der Waals surface area contributed by atoms with Gasteiger partial charge in [0.2, 0.25) is 5.91 Å². The average molecular weight is 234 g/mol. The number of likely N-dealkylation sites (N-methyl/N-ethyl adjacent to an activating group) is 2. The molecule has 0 fully saturated rings. The zero-order chi connectivity index (χ0) is 12.6. The van der Waals surface area contributed by atoms with E-state index in [1.54, 1.807) is 37.2 Å². The summed E-state index contributed by atoms with van der Waals surface area (Å²) in [5.41, 5.74) is 2.41. The Balaban J connectivity index is 2.39. The lowest BCUT2D eigenvalue weighted by atomic mass is 10.0. The molecule has 0 spiro atoms. The summed E-state index contributed by atoms with van der Waals surface area (Å²) >= 11 is 0. The molecule has 1 unspecified atom stereocenters. The van der Waals surface area contributed by atoms with Crippen molar-refractivity contribution in [3.05, 3.63) is 29.3 Å².